The maximum Gasteiger partial charge on any atom is 0.245 e. The number of aromatic nitrogens is 6. The van der Waals surface area contributed by atoms with Gasteiger partial charge in [-0.3, -0.25) is 0 Å². The molecule has 1 aliphatic rings. The minimum absolute atomic E-state index is 0.297. The van der Waals surface area contributed by atoms with Crippen LogP contribution < -0.4 is 15.5 Å². The van der Waals surface area contributed by atoms with Crippen LogP contribution in [-0.4, -0.2) is 54.7 Å². The summed E-state index contributed by atoms with van der Waals surface area (Å²) in [4.78, 5) is 19.0. The van der Waals surface area contributed by atoms with Gasteiger partial charge in [-0.2, -0.15) is 9.50 Å². The van der Waals surface area contributed by atoms with Crippen molar-refractivity contribution in [1.29, 1.82) is 0 Å². The molecule has 0 radical (unpaired) electrons. The number of imidazole rings is 2. The summed E-state index contributed by atoms with van der Waals surface area (Å²) in [7, 11) is 0. The van der Waals surface area contributed by atoms with E-state index in [0.717, 1.165) is 17.7 Å². The third-order valence-corrected chi connectivity index (χ3v) is 5.61. The number of fused-ring (bicyclic) bond motifs is 2. The number of hydrogen-bond acceptors (Lipinski definition) is 7. The second kappa shape index (κ2) is 7.47. The first kappa shape index (κ1) is 19.2. The molecule has 3 aromatic heterocycles. The van der Waals surface area contributed by atoms with Crippen molar-refractivity contribution in [3.05, 3.63) is 40.6 Å². The first-order valence-corrected chi connectivity index (χ1v) is 10.6. The number of rotatable bonds is 4. The zero-order valence-corrected chi connectivity index (χ0v) is 18.1. The fourth-order valence-electron chi connectivity index (χ4n) is 3.87. The number of nitrogens with zero attached hydrogens (tertiary/aromatic N) is 6. The molecule has 11 heteroatoms. The van der Waals surface area contributed by atoms with Gasteiger partial charge in [-0.15, -0.1) is 5.10 Å². The predicted octanol–water partition coefficient (Wildman–Crippen LogP) is 2.70. The van der Waals surface area contributed by atoms with Crippen LogP contribution in [0.25, 0.3) is 16.7 Å². The third kappa shape index (κ3) is 3.58. The lowest BCUT2D eigenvalue weighted by molar-refractivity contribution is 0.402. The van der Waals surface area contributed by atoms with Crippen molar-refractivity contribution in [2.24, 2.45) is 0 Å². The molecule has 2 atom stereocenters. The van der Waals surface area contributed by atoms with Crippen LogP contribution in [0.4, 0.5) is 16.2 Å². The maximum atomic E-state index is 13.4. The van der Waals surface area contributed by atoms with Gasteiger partial charge in [0.2, 0.25) is 5.95 Å². The molecule has 0 aliphatic carbocycles. The van der Waals surface area contributed by atoms with Crippen molar-refractivity contribution in [2.45, 2.75) is 32.5 Å². The van der Waals surface area contributed by atoms with Crippen LogP contribution in [0.1, 0.15) is 19.7 Å². The quantitative estimate of drug-likeness (QED) is 0.418. The molecular formula is C19H21BrFN9. The van der Waals surface area contributed by atoms with Crippen molar-refractivity contribution < 1.29 is 4.39 Å². The zero-order valence-electron chi connectivity index (χ0n) is 16.5. The van der Waals surface area contributed by atoms with E-state index in [1.54, 1.807) is 16.8 Å². The highest BCUT2D eigenvalue weighted by Gasteiger charge is 2.24. The Balaban J connectivity index is 1.46. The Kier molecular flexibility index (Phi) is 4.78. The molecule has 0 spiro atoms. The standard InChI is InChI=1S/C19H21BrFN9/c1-10-8-29(9-11(2)24-10)19-27-17(18-23-6-15(20)30(18)28-19)22-7-16-25-13-4-3-12(21)5-14(13)26-16/h3-6,10-11,24H,7-9H2,1-2H3,(H,25,26)(H,22,27,28)/t10-,11+. The van der Waals surface area contributed by atoms with E-state index >= 15 is 0 Å². The highest BCUT2D eigenvalue weighted by atomic mass is 79.9. The summed E-state index contributed by atoms with van der Waals surface area (Å²) in [6.45, 7) is 6.32. The lowest BCUT2D eigenvalue weighted by atomic mass is 10.1. The van der Waals surface area contributed by atoms with Gasteiger partial charge in [0.25, 0.3) is 0 Å². The lowest BCUT2D eigenvalue weighted by Crippen LogP contribution is -2.54. The van der Waals surface area contributed by atoms with E-state index in [9.17, 15) is 4.39 Å². The molecule has 0 bridgehead atoms. The normalized spacial score (nSPS) is 19.7. The van der Waals surface area contributed by atoms with E-state index in [1.807, 2.05) is 0 Å². The predicted molar refractivity (Wildman–Crippen MR) is 116 cm³/mol. The molecule has 0 amide bonds. The molecule has 3 N–H and O–H groups in total. The minimum atomic E-state index is -0.297. The average molecular weight is 474 g/mol. The van der Waals surface area contributed by atoms with E-state index in [-0.39, 0.29) is 5.82 Å². The summed E-state index contributed by atoms with van der Waals surface area (Å²) in [5.74, 6) is 1.63. The summed E-state index contributed by atoms with van der Waals surface area (Å²) < 4.78 is 15.9. The smallest absolute Gasteiger partial charge is 0.245 e. The van der Waals surface area contributed by atoms with Crippen molar-refractivity contribution in [3.63, 3.8) is 0 Å². The molecule has 4 aromatic rings. The minimum Gasteiger partial charge on any atom is -0.360 e. The van der Waals surface area contributed by atoms with Gasteiger partial charge in [0.05, 0.1) is 23.8 Å². The Morgan fingerprint density at radius 2 is 2.03 bits per heavy atom. The van der Waals surface area contributed by atoms with E-state index in [4.69, 9.17) is 4.98 Å². The maximum absolute atomic E-state index is 13.4. The summed E-state index contributed by atoms with van der Waals surface area (Å²) in [6.07, 6.45) is 1.70. The van der Waals surface area contributed by atoms with E-state index < -0.39 is 0 Å². The van der Waals surface area contributed by atoms with Gasteiger partial charge < -0.3 is 20.5 Å². The van der Waals surface area contributed by atoms with Gasteiger partial charge in [0.1, 0.15) is 16.2 Å². The van der Waals surface area contributed by atoms with Gasteiger partial charge in [0.15, 0.2) is 11.5 Å². The van der Waals surface area contributed by atoms with Crippen LogP contribution in [0, 0.1) is 5.82 Å². The van der Waals surface area contributed by atoms with Crippen molar-refractivity contribution in [1.82, 2.24) is 34.9 Å². The van der Waals surface area contributed by atoms with Crippen molar-refractivity contribution in [2.75, 3.05) is 23.3 Å². The van der Waals surface area contributed by atoms with Crippen LogP contribution in [0.5, 0.6) is 0 Å². The number of aromatic amines is 1. The first-order valence-electron chi connectivity index (χ1n) is 9.76. The molecule has 5 rings (SSSR count). The average Bonchev–Trinajstić information content (AvgIpc) is 3.28. The molecule has 0 unspecified atom stereocenters. The summed E-state index contributed by atoms with van der Waals surface area (Å²) in [5.41, 5.74) is 1.99. The van der Waals surface area contributed by atoms with Gasteiger partial charge in [-0.05, 0) is 48.0 Å². The second-order valence-corrected chi connectivity index (χ2v) is 8.46. The third-order valence-electron chi connectivity index (χ3n) is 5.07. The van der Waals surface area contributed by atoms with Gasteiger partial charge >= 0.3 is 0 Å². The Hall–Kier alpha value is -2.79. The molecule has 1 aliphatic heterocycles. The molecule has 30 heavy (non-hydrogen) atoms. The molecule has 1 fully saturated rings. The number of nitrogens with one attached hydrogen (secondary N) is 3. The lowest BCUT2D eigenvalue weighted by Gasteiger charge is -2.36. The topological polar surface area (TPSA) is 99.1 Å². The first-order chi connectivity index (χ1) is 14.5. The van der Waals surface area contributed by atoms with Crippen LogP contribution in [0.2, 0.25) is 0 Å². The summed E-state index contributed by atoms with van der Waals surface area (Å²) in [5, 5.41) is 11.5. The van der Waals surface area contributed by atoms with E-state index in [2.05, 4.69) is 65.4 Å². The highest BCUT2D eigenvalue weighted by Crippen LogP contribution is 2.23. The van der Waals surface area contributed by atoms with Gasteiger partial charge in [0, 0.05) is 25.2 Å². The van der Waals surface area contributed by atoms with Crippen LogP contribution in [0.15, 0.2) is 29.0 Å². The Bertz CT molecular complexity index is 1210. The fraction of sp³-hybridized carbons (Fsp3) is 0.368. The largest absolute Gasteiger partial charge is 0.360 e. The molecular weight excluding hydrogens is 453 g/mol. The molecule has 4 heterocycles. The molecule has 156 valence electrons. The SMILES string of the molecule is C[C@@H]1CN(c2nc(NCc3nc4ccc(F)cc4[nH]3)c3ncc(Br)n3n2)C[C@H](C)N1. The number of H-pyrrole nitrogens is 1. The molecule has 0 saturated carbocycles. The zero-order chi connectivity index (χ0) is 20.8. The summed E-state index contributed by atoms with van der Waals surface area (Å²) in [6, 6.07) is 5.17. The van der Waals surface area contributed by atoms with Crippen molar-refractivity contribution >= 4 is 44.4 Å². The highest BCUT2D eigenvalue weighted by molar-refractivity contribution is 9.10. The Labute approximate surface area is 180 Å². The number of hydrogen-bond donors (Lipinski definition) is 3. The summed E-state index contributed by atoms with van der Waals surface area (Å²) >= 11 is 3.51. The number of halogens is 2. The van der Waals surface area contributed by atoms with Gasteiger partial charge in [-0.1, -0.05) is 0 Å². The van der Waals surface area contributed by atoms with Crippen LogP contribution in [0.3, 0.4) is 0 Å². The number of anilines is 2. The van der Waals surface area contributed by atoms with Gasteiger partial charge in [-0.25, -0.2) is 14.4 Å². The van der Waals surface area contributed by atoms with Crippen LogP contribution in [-0.2, 0) is 6.54 Å². The Morgan fingerprint density at radius 1 is 1.23 bits per heavy atom. The number of benzene rings is 1. The van der Waals surface area contributed by atoms with E-state index in [0.29, 0.717) is 52.9 Å². The van der Waals surface area contributed by atoms with Crippen molar-refractivity contribution in [3.8, 4) is 0 Å². The van der Waals surface area contributed by atoms with E-state index in [1.165, 1.54) is 12.1 Å². The fourth-order valence-corrected chi connectivity index (χ4v) is 4.22. The molecule has 1 saturated heterocycles. The molecule has 9 nitrogen and oxygen atoms in total. The number of piperazine rings is 1. The van der Waals surface area contributed by atoms with Crippen LogP contribution >= 0.6 is 15.9 Å². The second-order valence-electron chi connectivity index (χ2n) is 7.65. The Morgan fingerprint density at radius 3 is 2.83 bits per heavy atom. The monoisotopic (exact) mass is 473 g/mol. The molecule has 1 aromatic carbocycles.